The zero-order chi connectivity index (χ0) is 11.2. The lowest BCUT2D eigenvalue weighted by molar-refractivity contribution is 0.171. The molecule has 3 nitrogen and oxygen atoms in total. The third-order valence-electron chi connectivity index (χ3n) is 3.45. The molecule has 1 heterocycles. The summed E-state index contributed by atoms with van der Waals surface area (Å²) in [6.07, 6.45) is 2.34. The lowest BCUT2D eigenvalue weighted by Gasteiger charge is -2.22. The second-order valence-electron chi connectivity index (χ2n) is 4.46. The molecule has 1 aromatic carbocycles. The standard InChI is InChI=1S/C12H14BrNO2/c13-9-6-11-10(15-3-4-16-11)5-8(9)12(7-14)1-2-12/h5-6H,1-4,7,14H2. The summed E-state index contributed by atoms with van der Waals surface area (Å²) in [6.45, 7) is 1.95. The fourth-order valence-corrected chi connectivity index (χ4v) is 2.95. The maximum atomic E-state index is 5.85. The van der Waals surface area contributed by atoms with Crippen molar-refractivity contribution >= 4 is 15.9 Å². The minimum Gasteiger partial charge on any atom is -0.486 e. The Morgan fingerprint density at radius 3 is 2.38 bits per heavy atom. The highest BCUT2D eigenvalue weighted by Gasteiger charge is 2.44. The van der Waals surface area contributed by atoms with Crippen LogP contribution in [0.2, 0.25) is 0 Å². The SMILES string of the molecule is NCC1(c2cc3c(cc2Br)OCCO3)CC1. The van der Waals surface area contributed by atoms with Crippen molar-refractivity contribution in [3.8, 4) is 11.5 Å². The van der Waals surface area contributed by atoms with Crippen LogP contribution in [0.5, 0.6) is 11.5 Å². The average molecular weight is 284 g/mol. The number of halogens is 1. The van der Waals surface area contributed by atoms with Crippen molar-refractivity contribution in [1.29, 1.82) is 0 Å². The summed E-state index contributed by atoms with van der Waals surface area (Å²) < 4.78 is 12.2. The highest BCUT2D eigenvalue weighted by Crippen LogP contribution is 2.52. The molecule has 0 aromatic heterocycles. The highest BCUT2D eigenvalue weighted by molar-refractivity contribution is 9.10. The van der Waals surface area contributed by atoms with Gasteiger partial charge < -0.3 is 15.2 Å². The first kappa shape index (κ1) is 10.4. The Balaban J connectivity index is 2.06. The molecule has 0 unspecified atom stereocenters. The lowest BCUT2D eigenvalue weighted by Crippen LogP contribution is -2.21. The van der Waals surface area contributed by atoms with E-state index in [0.29, 0.717) is 19.8 Å². The smallest absolute Gasteiger partial charge is 0.162 e. The zero-order valence-corrected chi connectivity index (χ0v) is 10.5. The third-order valence-corrected chi connectivity index (χ3v) is 4.10. The zero-order valence-electron chi connectivity index (χ0n) is 8.96. The van der Waals surface area contributed by atoms with Crippen LogP contribution in [0.4, 0.5) is 0 Å². The van der Waals surface area contributed by atoms with Crippen LogP contribution in [0.3, 0.4) is 0 Å². The third kappa shape index (κ3) is 1.52. The summed E-state index contributed by atoms with van der Waals surface area (Å²) in [5, 5.41) is 0. The van der Waals surface area contributed by atoms with Gasteiger partial charge in [0.05, 0.1) is 0 Å². The largest absolute Gasteiger partial charge is 0.486 e. The van der Waals surface area contributed by atoms with Crippen LogP contribution in [-0.4, -0.2) is 19.8 Å². The molecule has 0 atom stereocenters. The number of nitrogens with two attached hydrogens (primary N) is 1. The van der Waals surface area contributed by atoms with Crippen molar-refractivity contribution in [3.63, 3.8) is 0 Å². The van der Waals surface area contributed by atoms with Gasteiger partial charge in [-0.1, -0.05) is 15.9 Å². The quantitative estimate of drug-likeness (QED) is 0.905. The summed E-state index contributed by atoms with van der Waals surface area (Å²) in [4.78, 5) is 0. The summed E-state index contributed by atoms with van der Waals surface area (Å²) >= 11 is 3.60. The predicted octanol–water partition coefficient (Wildman–Crippen LogP) is 2.21. The molecule has 4 heteroatoms. The van der Waals surface area contributed by atoms with Gasteiger partial charge in [0.25, 0.3) is 0 Å². The fraction of sp³-hybridized carbons (Fsp3) is 0.500. The Morgan fingerprint density at radius 2 is 1.81 bits per heavy atom. The highest BCUT2D eigenvalue weighted by atomic mass is 79.9. The van der Waals surface area contributed by atoms with Gasteiger partial charge in [0.15, 0.2) is 11.5 Å². The molecule has 1 fully saturated rings. The number of hydrogen-bond donors (Lipinski definition) is 1. The van der Waals surface area contributed by atoms with E-state index in [4.69, 9.17) is 15.2 Å². The molecule has 0 radical (unpaired) electrons. The van der Waals surface area contributed by atoms with Gasteiger partial charge in [-0.25, -0.2) is 0 Å². The maximum Gasteiger partial charge on any atom is 0.162 e. The monoisotopic (exact) mass is 283 g/mol. The van der Waals surface area contributed by atoms with Crippen LogP contribution in [0, 0.1) is 0 Å². The van der Waals surface area contributed by atoms with Crippen molar-refractivity contribution in [1.82, 2.24) is 0 Å². The topological polar surface area (TPSA) is 44.5 Å². The molecule has 3 rings (SSSR count). The summed E-state index contributed by atoms with van der Waals surface area (Å²) in [7, 11) is 0. The lowest BCUT2D eigenvalue weighted by atomic mass is 9.95. The molecule has 0 spiro atoms. The average Bonchev–Trinajstić information content (AvgIpc) is 3.09. The van der Waals surface area contributed by atoms with Crippen molar-refractivity contribution < 1.29 is 9.47 Å². The Bertz CT molecular complexity index is 429. The number of hydrogen-bond acceptors (Lipinski definition) is 3. The maximum absolute atomic E-state index is 5.85. The van der Waals surface area contributed by atoms with Crippen molar-refractivity contribution in [2.75, 3.05) is 19.8 Å². The molecule has 16 heavy (non-hydrogen) atoms. The van der Waals surface area contributed by atoms with E-state index in [-0.39, 0.29) is 5.41 Å². The minimum atomic E-state index is 0.175. The van der Waals surface area contributed by atoms with E-state index < -0.39 is 0 Å². The molecule has 1 saturated carbocycles. The molecular weight excluding hydrogens is 270 g/mol. The van der Waals surface area contributed by atoms with E-state index in [0.717, 1.165) is 16.0 Å². The van der Waals surface area contributed by atoms with Gasteiger partial charge in [0.1, 0.15) is 13.2 Å². The van der Waals surface area contributed by atoms with Gasteiger partial charge in [-0.15, -0.1) is 0 Å². The van der Waals surface area contributed by atoms with Crippen LogP contribution in [-0.2, 0) is 5.41 Å². The first-order valence-corrected chi connectivity index (χ1v) is 6.34. The molecule has 1 aromatic rings. The Hall–Kier alpha value is -0.740. The first-order chi connectivity index (χ1) is 7.75. The second-order valence-corrected chi connectivity index (χ2v) is 5.31. The van der Waals surface area contributed by atoms with Gasteiger partial charge in [-0.05, 0) is 30.5 Å². The van der Waals surface area contributed by atoms with E-state index in [9.17, 15) is 0 Å². The van der Waals surface area contributed by atoms with Crippen LogP contribution in [0.1, 0.15) is 18.4 Å². The van der Waals surface area contributed by atoms with E-state index in [1.165, 1.54) is 18.4 Å². The van der Waals surface area contributed by atoms with Gasteiger partial charge in [0, 0.05) is 16.4 Å². The molecule has 2 aliphatic rings. The number of fused-ring (bicyclic) bond motifs is 1. The van der Waals surface area contributed by atoms with Crippen molar-refractivity contribution in [3.05, 3.63) is 22.2 Å². The molecule has 2 N–H and O–H groups in total. The molecule has 0 saturated heterocycles. The van der Waals surface area contributed by atoms with Crippen LogP contribution in [0.25, 0.3) is 0 Å². The Labute approximate surface area is 103 Å². The van der Waals surface area contributed by atoms with Crippen LogP contribution < -0.4 is 15.2 Å². The van der Waals surface area contributed by atoms with E-state index in [2.05, 4.69) is 22.0 Å². The minimum absolute atomic E-state index is 0.175. The number of benzene rings is 1. The van der Waals surface area contributed by atoms with Gasteiger partial charge in [-0.2, -0.15) is 0 Å². The van der Waals surface area contributed by atoms with Crippen molar-refractivity contribution in [2.24, 2.45) is 5.73 Å². The van der Waals surface area contributed by atoms with Crippen LogP contribution in [0.15, 0.2) is 16.6 Å². The van der Waals surface area contributed by atoms with E-state index in [1.807, 2.05) is 6.07 Å². The summed E-state index contributed by atoms with van der Waals surface area (Å²) in [5.74, 6) is 1.68. The second kappa shape index (κ2) is 3.64. The van der Waals surface area contributed by atoms with E-state index in [1.54, 1.807) is 0 Å². The molecular formula is C12H14BrNO2. The summed E-state index contributed by atoms with van der Waals surface area (Å²) in [5.41, 5.74) is 7.29. The fourth-order valence-electron chi connectivity index (χ4n) is 2.20. The molecule has 0 bridgehead atoms. The van der Waals surface area contributed by atoms with Gasteiger partial charge >= 0.3 is 0 Å². The number of rotatable bonds is 2. The number of ether oxygens (including phenoxy) is 2. The molecule has 86 valence electrons. The van der Waals surface area contributed by atoms with Gasteiger partial charge in [0.2, 0.25) is 0 Å². The molecule has 1 aliphatic carbocycles. The summed E-state index contributed by atoms with van der Waals surface area (Å²) in [6, 6.07) is 4.08. The molecule has 0 amide bonds. The van der Waals surface area contributed by atoms with Crippen LogP contribution >= 0.6 is 15.9 Å². The van der Waals surface area contributed by atoms with E-state index >= 15 is 0 Å². The Kier molecular flexibility index (Phi) is 2.37. The normalized spacial score (nSPS) is 20.6. The Morgan fingerprint density at radius 1 is 1.19 bits per heavy atom. The van der Waals surface area contributed by atoms with Gasteiger partial charge in [-0.3, -0.25) is 0 Å². The molecule has 1 aliphatic heterocycles. The first-order valence-electron chi connectivity index (χ1n) is 5.55. The predicted molar refractivity (Wildman–Crippen MR) is 65.1 cm³/mol. The van der Waals surface area contributed by atoms with Crippen molar-refractivity contribution in [2.45, 2.75) is 18.3 Å².